The van der Waals surface area contributed by atoms with Crippen molar-refractivity contribution in [1.82, 2.24) is 5.01 Å². The van der Waals surface area contributed by atoms with Gasteiger partial charge in [0.2, 0.25) is 0 Å². The molecule has 0 aliphatic heterocycles. The Morgan fingerprint density at radius 1 is 1.14 bits per heavy atom. The maximum Gasteiger partial charge on any atom is 0.505 e. The van der Waals surface area contributed by atoms with Crippen molar-refractivity contribution in [2.45, 2.75) is 65.9 Å². The molecule has 0 fully saturated rings. The number of amides is 2. The third-order valence-corrected chi connectivity index (χ3v) is 5.61. The van der Waals surface area contributed by atoms with Gasteiger partial charge in [0.15, 0.2) is 0 Å². The topological polar surface area (TPSA) is 123 Å². The first-order valence-electron chi connectivity index (χ1n) is 7.27. The summed E-state index contributed by atoms with van der Waals surface area (Å²) in [7, 11) is -3.06. The minimum absolute atomic E-state index is 0.0672. The van der Waals surface area contributed by atoms with E-state index >= 15 is 0 Å². The average Bonchev–Trinajstić information content (AvgIpc) is 2.31. The van der Waals surface area contributed by atoms with Gasteiger partial charge in [-0.3, -0.25) is 0 Å². The van der Waals surface area contributed by atoms with E-state index in [1.165, 1.54) is 0 Å². The molecule has 0 bridgehead atoms. The minimum atomic E-state index is -3.06. The van der Waals surface area contributed by atoms with Crippen LogP contribution in [-0.2, 0) is 13.3 Å². The summed E-state index contributed by atoms with van der Waals surface area (Å²) in [5.41, 5.74) is 13.6. The molecule has 0 spiro atoms. The highest BCUT2D eigenvalue weighted by Gasteiger charge is 2.45. The average molecular weight is 333 g/mol. The SMILES string of the molecule is CC(C)O[Si](CCN(N=[N+]=[N-])C(N)=O)(OC(C)C)OC(C)C. The van der Waals surface area contributed by atoms with Crippen LogP contribution < -0.4 is 5.73 Å². The maximum absolute atomic E-state index is 11.2. The monoisotopic (exact) mass is 333 g/mol. The number of hydrogen-bond donors (Lipinski definition) is 1. The van der Waals surface area contributed by atoms with Crippen LogP contribution in [-0.4, -0.2) is 44.7 Å². The second kappa shape index (κ2) is 9.64. The lowest BCUT2D eigenvalue weighted by molar-refractivity contribution is 0.00217. The molecule has 2 amide bonds. The van der Waals surface area contributed by atoms with Crippen molar-refractivity contribution >= 4 is 14.8 Å². The Morgan fingerprint density at radius 2 is 1.55 bits per heavy atom. The predicted octanol–water partition coefficient (Wildman–Crippen LogP) is 2.81. The fourth-order valence-corrected chi connectivity index (χ4v) is 4.99. The van der Waals surface area contributed by atoms with Crippen LogP contribution >= 0.6 is 0 Å². The van der Waals surface area contributed by atoms with Crippen molar-refractivity contribution < 1.29 is 18.1 Å². The van der Waals surface area contributed by atoms with Gasteiger partial charge in [-0.25, -0.2) is 4.79 Å². The highest BCUT2D eigenvalue weighted by atomic mass is 28.4. The Bertz CT molecular complexity index is 370. The van der Waals surface area contributed by atoms with E-state index in [4.69, 9.17) is 24.5 Å². The van der Waals surface area contributed by atoms with Gasteiger partial charge >= 0.3 is 14.8 Å². The maximum atomic E-state index is 11.2. The number of urea groups is 1. The Labute approximate surface area is 132 Å². The first kappa shape index (κ1) is 20.7. The van der Waals surface area contributed by atoms with Crippen molar-refractivity contribution in [2.75, 3.05) is 6.54 Å². The quantitative estimate of drug-likeness (QED) is 0.217. The minimum Gasteiger partial charge on any atom is -0.371 e. The molecule has 0 saturated heterocycles. The van der Waals surface area contributed by atoms with E-state index in [0.717, 1.165) is 5.01 Å². The first-order chi connectivity index (χ1) is 10.1. The second-order valence-electron chi connectivity index (χ2n) is 5.57. The van der Waals surface area contributed by atoms with Crippen molar-refractivity contribution in [3.8, 4) is 0 Å². The molecular formula is C12H27N5O4Si. The molecule has 22 heavy (non-hydrogen) atoms. The van der Waals surface area contributed by atoms with Crippen LogP contribution in [0.4, 0.5) is 4.79 Å². The Kier molecular flexibility index (Phi) is 9.06. The highest BCUT2D eigenvalue weighted by Crippen LogP contribution is 2.22. The zero-order valence-electron chi connectivity index (χ0n) is 14.1. The molecule has 0 radical (unpaired) electrons. The molecule has 0 rings (SSSR count). The van der Waals surface area contributed by atoms with Crippen LogP contribution in [0.25, 0.3) is 10.4 Å². The van der Waals surface area contributed by atoms with Crippen molar-refractivity contribution in [1.29, 1.82) is 0 Å². The molecule has 0 aliphatic rings. The van der Waals surface area contributed by atoms with Crippen LogP contribution in [0.2, 0.25) is 6.04 Å². The lowest BCUT2D eigenvalue weighted by Gasteiger charge is -2.34. The van der Waals surface area contributed by atoms with Gasteiger partial charge in [0.1, 0.15) is 6.54 Å². The smallest absolute Gasteiger partial charge is 0.371 e. The zero-order chi connectivity index (χ0) is 17.3. The number of azide groups is 1. The zero-order valence-corrected chi connectivity index (χ0v) is 15.1. The standard InChI is InChI=1S/C12H27N5O4Si/c1-9(2)19-22(20-10(3)4,21-11(5)6)8-7-17(12(13)18)16-15-14/h9-11H,7-8H2,1-6H3,(H2,13,18). The largest absolute Gasteiger partial charge is 0.505 e. The summed E-state index contributed by atoms with van der Waals surface area (Å²) in [6.45, 7) is 11.4. The number of carbonyl (C=O) groups excluding carboxylic acids is 1. The summed E-state index contributed by atoms with van der Waals surface area (Å²) in [6, 6.07) is -0.553. The molecule has 0 heterocycles. The van der Waals surface area contributed by atoms with Crippen molar-refractivity contribution in [3.63, 3.8) is 0 Å². The molecule has 0 aromatic carbocycles. The highest BCUT2D eigenvalue weighted by molar-refractivity contribution is 6.61. The van der Waals surface area contributed by atoms with Crippen LogP contribution in [0, 0.1) is 0 Å². The van der Waals surface area contributed by atoms with E-state index < -0.39 is 14.8 Å². The third-order valence-electron chi connectivity index (χ3n) is 2.28. The normalized spacial score (nSPS) is 11.9. The first-order valence-corrected chi connectivity index (χ1v) is 9.20. The van der Waals surface area contributed by atoms with Gasteiger partial charge in [-0.05, 0) is 46.8 Å². The number of rotatable bonds is 10. The van der Waals surface area contributed by atoms with Crippen molar-refractivity contribution in [3.05, 3.63) is 10.4 Å². The molecule has 128 valence electrons. The van der Waals surface area contributed by atoms with E-state index in [9.17, 15) is 4.79 Å². The predicted molar refractivity (Wildman–Crippen MR) is 84.7 cm³/mol. The molecule has 0 aromatic rings. The van der Waals surface area contributed by atoms with Gasteiger partial charge in [-0.1, -0.05) is 0 Å². The van der Waals surface area contributed by atoms with Crippen LogP contribution in [0.1, 0.15) is 41.5 Å². The molecule has 0 unspecified atom stereocenters. The van der Waals surface area contributed by atoms with Crippen LogP contribution in [0.5, 0.6) is 0 Å². The Hall–Kier alpha value is -1.32. The molecule has 0 aliphatic carbocycles. The van der Waals surface area contributed by atoms with Crippen LogP contribution in [0.15, 0.2) is 5.22 Å². The summed E-state index contributed by atoms with van der Waals surface area (Å²) in [4.78, 5) is 13.8. The van der Waals surface area contributed by atoms with E-state index in [2.05, 4.69) is 10.1 Å². The van der Waals surface area contributed by atoms with E-state index in [-0.39, 0.29) is 30.9 Å². The molecule has 9 nitrogen and oxygen atoms in total. The molecular weight excluding hydrogens is 306 g/mol. The molecule has 0 saturated carbocycles. The van der Waals surface area contributed by atoms with Gasteiger partial charge < -0.3 is 19.0 Å². The molecule has 2 N–H and O–H groups in total. The lowest BCUT2D eigenvalue weighted by Crippen LogP contribution is -2.52. The fourth-order valence-electron chi connectivity index (χ4n) is 1.83. The summed E-state index contributed by atoms with van der Waals surface area (Å²) < 4.78 is 17.8. The van der Waals surface area contributed by atoms with Gasteiger partial charge in [0.05, 0.1) is 6.04 Å². The second-order valence-corrected chi connectivity index (χ2v) is 8.15. The van der Waals surface area contributed by atoms with E-state index in [1.54, 1.807) is 0 Å². The van der Waals surface area contributed by atoms with E-state index in [1.807, 2.05) is 41.5 Å². The number of nitrogens with zero attached hydrogens (tertiary/aromatic N) is 4. The number of hydrogen-bond acceptors (Lipinski definition) is 5. The number of nitrogens with two attached hydrogens (primary N) is 1. The number of primary amides is 1. The van der Waals surface area contributed by atoms with Gasteiger partial charge in [-0.15, -0.1) is 5.53 Å². The fraction of sp³-hybridized carbons (Fsp3) is 0.917. The number of carbonyl (C=O) groups is 1. The molecule has 10 heteroatoms. The van der Waals surface area contributed by atoms with Crippen molar-refractivity contribution in [2.24, 2.45) is 11.0 Å². The summed E-state index contributed by atoms with van der Waals surface area (Å²) in [5.74, 6) is 0. The summed E-state index contributed by atoms with van der Waals surface area (Å²) in [5, 5.41) is 4.09. The Balaban J connectivity index is 5.23. The Morgan fingerprint density at radius 3 is 1.82 bits per heavy atom. The van der Waals surface area contributed by atoms with Crippen LogP contribution in [0.3, 0.4) is 0 Å². The van der Waals surface area contributed by atoms with Gasteiger partial charge in [-0.2, -0.15) is 9.92 Å². The third kappa shape index (κ3) is 8.20. The lowest BCUT2D eigenvalue weighted by atomic mass is 10.5. The van der Waals surface area contributed by atoms with Gasteiger partial charge in [0, 0.05) is 18.3 Å². The summed E-state index contributed by atoms with van der Waals surface area (Å²) >= 11 is 0. The van der Waals surface area contributed by atoms with Gasteiger partial charge in [0.25, 0.3) is 0 Å². The summed E-state index contributed by atoms with van der Waals surface area (Å²) in [6.07, 6.45) is -0.318. The molecule has 0 aromatic heterocycles. The molecule has 0 atom stereocenters. The van der Waals surface area contributed by atoms with E-state index in [0.29, 0.717) is 0 Å².